The van der Waals surface area contributed by atoms with Crippen molar-refractivity contribution in [2.45, 2.75) is 24.8 Å². The van der Waals surface area contributed by atoms with Crippen LogP contribution in [0, 0.1) is 17.5 Å². The molecule has 17 heavy (non-hydrogen) atoms. The highest BCUT2D eigenvalue weighted by molar-refractivity contribution is 6.30. The van der Waals surface area contributed by atoms with Gasteiger partial charge < -0.3 is 0 Å². The number of isocyanates is 1. The first kappa shape index (κ1) is 12.1. The molecule has 1 fully saturated rings. The summed E-state index contributed by atoms with van der Waals surface area (Å²) in [4.78, 5) is 13.7. The van der Waals surface area contributed by atoms with Crippen LogP contribution in [0.1, 0.15) is 24.8 Å². The molecule has 0 aromatic heterocycles. The Morgan fingerprint density at radius 2 is 1.94 bits per heavy atom. The Morgan fingerprint density at radius 1 is 1.29 bits per heavy atom. The third kappa shape index (κ3) is 1.75. The maximum absolute atomic E-state index is 13.8. The summed E-state index contributed by atoms with van der Waals surface area (Å²) >= 11 is 5.46. The highest BCUT2D eigenvalue weighted by Crippen LogP contribution is 2.47. The van der Waals surface area contributed by atoms with Gasteiger partial charge in [-0.1, -0.05) is 11.6 Å². The molecule has 1 aliphatic carbocycles. The minimum absolute atomic E-state index is 0.274. The number of halogens is 4. The van der Waals surface area contributed by atoms with Crippen LogP contribution < -0.4 is 0 Å². The predicted molar refractivity (Wildman–Crippen MR) is 55.0 cm³/mol. The van der Waals surface area contributed by atoms with E-state index >= 15 is 0 Å². The number of hydrogen-bond donors (Lipinski definition) is 0. The van der Waals surface area contributed by atoms with E-state index < -0.39 is 33.6 Å². The fourth-order valence-corrected chi connectivity index (χ4v) is 2.19. The lowest BCUT2D eigenvalue weighted by Crippen LogP contribution is -2.34. The molecule has 0 saturated heterocycles. The molecule has 0 amide bonds. The molecule has 0 bridgehead atoms. The first-order chi connectivity index (χ1) is 8.02. The fourth-order valence-electron chi connectivity index (χ4n) is 2.00. The minimum atomic E-state index is -1.35. The molecule has 0 aliphatic heterocycles. The van der Waals surface area contributed by atoms with Gasteiger partial charge in [0.2, 0.25) is 6.08 Å². The maximum Gasteiger partial charge on any atom is 0.235 e. The van der Waals surface area contributed by atoms with Gasteiger partial charge in [-0.3, -0.25) is 0 Å². The highest BCUT2D eigenvalue weighted by Gasteiger charge is 2.44. The van der Waals surface area contributed by atoms with E-state index in [1.54, 1.807) is 0 Å². The normalized spacial score (nSPS) is 17.2. The van der Waals surface area contributed by atoms with Crippen molar-refractivity contribution in [2.75, 3.05) is 0 Å². The number of rotatable bonds is 2. The summed E-state index contributed by atoms with van der Waals surface area (Å²) in [5.41, 5.74) is -1.92. The molecule has 0 unspecified atom stereocenters. The smallest absolute Gasteiger partial charge is 0.211 e. The van der Waals surface area contributed by atoms with Crippen LogP contribution >= 0.6 is 11.6 Å². The Bertz CT molecular complexity index is 496. The molecule has 1 aromatic rings. The lowest BCUT2D eigenvalue weighted by atomic mass is 9.72. The van der Waals surface area contributed by atoms with Crippen LogP contribution in [0.4, 0.5) is 13.2 Å². The third-order valence-corrected chi connectivity index (χ3v) is 3.29. The second-order valence-corrected chi connectivity index (χ2v) is 4.34. The topological polar surface area (TPSA) is 29.4 Å². The summed E-state index contributed by atoms with van der Waals surface area (Å²) in [6.07, 6.45) is 2.48. The van der Waals surface area contributed by atoms with E-state index in [1.165, 1.54) is 6.08 Å². The molecule has 2 rings (SSSR count). The van der Waals surface area contributed by atoms with Crippen LogP contribution in [0.15, 0.2) is 11.1 Å². The molecule has 1 aliphatic rings. The Morgan fingerprint density at radius 3 is 2.41 bits per heavy atom. The molecule has 1 aromatic carbocycles. The quantitative estimate of drug-likeness (QED) is 0.455. The number of benzene rings is 1. The van der Waals surface area contributed by atoms with Crippen LogP contribution in [0.25, 0.3) is 0 Å². The van der Waals surface area contributed by atoms with E-state index in [4.69, 9.17) is 11.6 Å². The van der Waals surface area contributed by atoms with E-state index in [0.717, 1.165) is 0 Å². The van der Waals surface area contributed by atoms with Crippen molar-refractivity contribution in [3.05, 3.63) is 34.1 Å². The van der Waals surface area contributed by atoms with Crippen molar-refractivity contribution in [1.82, 2.24) is 0 Å². The monoisotopic (exact) mass is 261 g/mol. The van der Waals surface area contributed by atoms with Crippen molar-refractivity contribution >= 4 is 17.7 Å². The molecular weight excluding hydrogens is 255 g/mol. The first-order valence-corrected chi connectivity index (χ1v) is 5.32. The van der Waals surface area contributed by atoms with E-state index in [0.29, 0.717) is 12.5 Å². The summed E-state index contributed by atoms with van der Waals surface area (Å²) in [6.45, 7) is 0. The van der Waals surface area contributed by atoms with Gasteiger partial charge in [0.1, 0.15) is 5.54 Å². The lowest BCUT2D eigenvalue weighted by molar-refractivity contribution is 0.235. The largest absolute Gasteiger partial charge is 0.235 e. The van der Waals surface area contributed by atoms with Crippen molar-refractivity contribution in [1.29, 1.82) is 0 Å². The molecule has 0 heterocycles. The lowest BCUT2D eigenvalue weighted by Gasteiger charge is -2.37. The average molecular weight is 262 g/mol. The van der Waals surface area contributed by atoms with Crippen LogP contribution in [0.5, 0.6) is 0 Å². The molecule has 0 spiro atoms. The standard InChI is InChI=1S/C11H7ClF3NO/c12-6-4-7(13)10(15)8(9(6)14)11(16-5-17)2-1-3-11/h4H,1-3H2. The molecule has 1 saturated carbocycles. The SMILES string of the molecule is O=C=NC1(c2c(F)c(F)cc(Cl)c2F)CCC1. The van der Waals surface area contributed by atoms with Gasteiger partial charge in [-0.15, -0.1) is 0 Å². The van der Waals surface area contributed by atoms with Crippen LogP contribution in [0.2, 0.25) is 5.02 Å². The van der Waals surface area contributed by atoms with Crippen LogP contribution in [0.3, 0.4) is 0 Å². The number of nitrogens with zero attached hydrogens (tertiary/aromatic N) is 1. The van der Waals surface area contributed by atoms with Crippen molar-refractivity contribution in [3.8, 4) is 0 Å². The first-order valence-electron chi connectivity index (χ1n) is 4.94. The van der Waals surface area contributed by atoms with E-state index in [-0.39, 0.29) is 12.8 Å². The number of aliphatic imine (C=N–C) groups is 1. The zero-order chi connectivity index (χ0) is 12.6. The summed E-state index contributed by atoms with van der Waals surface area (Å²) < 4.78 is 40.6. The molecule has 0 radical (unpaired) electrons. The number of hydrogen-bond acceptors (Lipinski definition) is 2. The van der Waals surface area contributed by atoms with Gasteiger partial charge in [0, 0.05) is 0 Å². The Hall–Kier alpha value is -1.32. The second kappa shape index (κ2) is 4.17. The van der Waals surface area contributed by atoms with Crippen LogP contribution in [-0.2, 0) is 10.3 Å². The zero-order valence-corrected chi connectivity index (χ0v) is 9.32. The maximum atomic E-state index is 13.8. The Labute approximate surface area is 100 Å². The van der Waals surface area contributed by atoms with Gasteiger partial charge in [-0.25, -0.2) is 18.0 Å². The van der Waals surface area contributed by atoms with Crippen molar-refractivity contribution < 1.29 is 18.0 Å². The summed E-state index contributed by atoms with van der Waals surface area (Å²) in [6, 6.07) is 0.562. The Kier molecular flexibility index (Phi) is 2.98. The third-order valence-electron chi connectivity index (χ3n) is 3.02. The average Bonchev–Trinajstić information content (AvgIpc) is 2.23. The molecular formula is C11H7ClF3NO. The van der Waals surface area contributed by atoms with Gasteiger partial charge >= 0.3 is 0 Å². The Balaban J connectivity index is 2.69. The van der Waals surface area contributed by atoms with Gasteiger partial charge in [0.05, 0.1) is 10.6 Å². The summed E-state index contributed by atoms with van der Waals surface area (Å²) in [5.74, 6) is -3.66. The molecule has 0 atom stereocenters. The molecule has 0 N–H and O–H groups in total. The summed E-state index contributed by atoms with van der Waals surface area (Å²) in [7, 11) is 0. The second-order valence-electron chi connectivity index (χ2n) is 3.93. The fraction of sp³-hybridized carbons (Fsp3) is 0.364. The number of carbonyl (C=O) groups excluding carboxylic acids is 1. The molecule has 6 heteroatoms. The molecule has 90 valence electrons. The molecule has 2 nitrogen and oxygen atoms in total. The minimum Gasteiger partial charge on any atom is -0.211 e. The summed E-state index contributed by atoms with van der Waals surface area (Å²) in [5, 5.41) is -0.522. The predicted octanol–water partition coefficient (Wildman–Crippen LogP) is 3.47. The van der Waals surface area contributed by atoms with Gasteiger partial charge in [0.25, 0.3) is 0 Å². The van der Waals surface area contributed by atoms with Crippen LogP contribution in [-0.4, -0.2) is 6.08 Å². The van der Waals surface area contributed by atoms with Crippen molar-refractivity contribution in [3.63, 3.8) is 0 Å². The van der Waals surface area contributed by atoms with E-state index in [9.17, 15) is 18.0 Å². The van der Waals surface area contributed by atoms with Crippen molar-refractivity contribution in [2.24, 2.45) is 4.99 Å². The van der Waals surface area contributed by atoms with Gasteiger partial charge in [-0.05, 0) is 25.3 Å². The van der Waals surface area contributed by atoms with Gasteiger partial charge in [-0.2, -0.15) is 4.99 Å². The van der Waals surface area contributed by atoms with E-state index in [2.05, 4.69) is 4.99 Å². The zero-order valence-electron chi connectivity index (χ0n) is 8.57. The highest BCUT2D eigenvalue weighted by atomic mass is 35.5. The van der Waals surface area contributed by atoms with Gasteiger partial charge in [0.15, 0.2) is 17.5 Å². The van der Waals surface area contributed by atoms with E-state index in [1.807, 2.05) is 0 Å².